The van der Waals surface area contributed by atoms with Crippen molar-refractivity contribution >= 4 is 5.65 Å². The van der Waals surface area contributed by atoms with Gasteiger partial charge in [0.2, 0.25) is 11.7 Å². The van der Waals surface area contributed by atoms with Crippen LogP contribution in [0.25, 0.3) is 5.65 Å². The normalized spacial score (nSPS) is 11.3. The molecule has 0 spiro atoms. The lowest BCUT2D eigenvalue weighted by Crippen LogP contribution is -2.01. The highest BCUT2D eigenvalue weighted by Crippen LogP contribution is 2.22. The van der Waals surface area contributed by atoms with Gasteiger partial charge >= 0.3 is 0 Å². The summed E-state index contributed by atoms with van der Waals surface area (Å²) < 4.78 is 37.2. The molecule has 0 N–H and O–H groups in total. The second kappa shape index (κ2) is 6.66. The summed E-state index contributed by atoms with van der Waals surface area (Å²) in [5, 5.41) is 11.0. The first-order chi connectivity index (χ1) is 11.2. The lowest BCUT2D eigenvalue weighted by molar-refractivity contribution is 0.137. The van der Waals surface area contributed by atoms with Crippen molar-refractivity contribution in [2.24, 2.45) is 0 Å². The van der Waals surface area contributed by atoms with E-state index in [4.69, 9.17) is 9.47 Å². The molecule has 0 bridgehead atoms. The van der Waals surface area contributed by atoms with Crippen LogP contribution in [0.1, 0.15) is 17.8 Å². The first-order valence-corrected chi connectivity index (χ1v) is 6.93. The third-order valence-electron chi connectivity index (χ3n) is 3.20. The van der Waals surface area contributed by atoms with E-state index >= 15 is 0 Å². The summed E-state index contributed by atoms with van der Waals surface area (Å²) in [5.41, 5.74) is 1.35. The lowest BCUT2D eigenvalue weighted by atomic mass is 10.1. The highest BCUT2D eigenvalue weighted by molar-refractivity contribution is 5.39. The molecule has 0 saturated heterocycles. The highest BCUT2D eigenvalue weighted by atomic mass is 19.3. The average Bonchev–Trinajstić information content (AvgIpc) is 2.97. The molecule has 120 valence electrons. The van der Waals surface area contributed by atoms with Crippen LogP contribution in [-0.2, 0) is 11.2 Å². The molecule has 0 atom stereocenters. The fraction of sp³-hybridized carbons (Fsp3) is 0.267. The van der Waals surface area contributed by atoms with Gasteiger partial charge in [0.1, 0.15) is 5.75 Å². The predicted molar refractivity (Wildman–Crippen MR) is 77.8 cm³/mol. The van der Waals surface area contributed by atoms with Gasteiger partial charge in [-0.25, -0.2) is 8.78 Å². The standard InChI is InChI=1S/C15H14F2N4O2/c1-22-9-8-10-2-4-11(5-3-10)23-13-7-6-12-18-19-15(14(16)17)21(12)20-13/h2-7,14H,8-9H2,1H3. The maximum atomic E-state index is 12.8. The minimum Gasteiger partial charge on any atom is -0.438 e. The van der Waals surface area contributed by atoms with E-state index in [-0.39, 0.29) is 11.5 Å². The van der Waals surface area contributed by atoms with E-state index in [0.29, 0.717) is 12.4 Å². The molecule has 0 saturated carbocycles. The van der Waals surface area contributed by atoms with E-state index < -0.39 is 12.2 Å². The number of aromatic nitrogens is 4. The van der Waals surface area contributed by atoms with Gasteiger partial charge in [0, 0.05) is 13.2 Å². The van der Waals surface area contributed by atoms with Gasteiger partial charge in [0.05, 0.1) is 6.61 Å². The average molecular weight is 320 g/mol. The molecule has 0 aliphatic carbocycles. The molecule has 0 radical (unpaired) electrons. The molecule has 3 aromatic rings. The Bertz CT molecular complexity index is 790. The molecule has 8 heteroatoms. The molecular weight excluding hydrogens is 306 g/mol. The number of methoxy groups -OCH3 is 1. The van der Waals surface area contributed by atoms with E-state index in [1.54, 1.807) is 25.3 Å². The summed E-state index contributed by atoms with van der Waals surface area (Å²) in [7, 11) is 1.65. The van der Waals surface area contributed by atoms with E-state index in [2.05, 4.69) is 15.3 Å². The second-order valence-electron chi connectivity index (χ2n) is 4.79. The maximum absolute atomic E-state index is 12.8. The van der Waals surface area contributed by atoms with Gasteiger partial charge in [-0.1, -0.05) is 12.1 Å². The summed E-state index contributed by atoms with van der Waals surface area (Å²) in [6.45, 7) is 0.641. The van der Waals surface area contributed by atoms with Crippen molar-refractivity contribution < 1.29 is 18.3 Å². The van der Waals surface area contributed by atoms with E-state index in [1.807, 2.05) is 12.1 Å². The van der Waals surface area contributed by atoms with Crippen molar-refractivity contribution in [3.8, 4) is 11.6 Å². The summed E-state index contributed by atoms with van der Waals surface area (Å²) in [4.78, 5) is 0. The van der Waals surface area contributed by atoms with Crippen LogP contribution in [0, 0.1) is 0 Å². The minimum absolute atomic E-state index is 0.184. The molecule has 1 aromatic carbocycles. The number of hydrogen-bond donors (Lipinski definition) is 0. The van der Waals surface area contributed by atoms with E-state index in [0.717, 1.165) is 16.5 Å². The zero-order valence-corrected chi connectivity index (χ0v) is 12.3. The van der Waals surface area contributed by atoms with Crippen LogP contribution < -0.4 is 4.74 Å². The Morgan fingerprint density at radius 3 is 2.57 bits per heavy atom. The summed E-state index contributed by atoms with van der Waals surface area (Å²) in [5.74, 6) is 0.230. The number of alkyl halides is 2. The predicted octanol–water partition coefficient (Wildman–Crippen LogP) is 3.04. The van der Waals surface area contributed by atoms with Crippen LogP contribution in [0.2, 0.25) is 0 Å². The number of ether oxygens (including phenoxy) is 2. The fourth-order valence-corrected chi connectivity index (χ4v) is 2.04. The third kappa shape index (κ3) is 3.42. The van der Waals surface area contributed by atoms with Gasteiger partial charge in [-0.2, -0.15) is 4.52 Å². The summed E-state index contributed by atoms with van der Waals surface area (Å²) in [6, 6.07) is 10.5. The minimum atomic E-state index is -2.76. The molecule has 0 unspecified atom stereocenters. The van der Waals surface area contributed by atoms with Crippen molar-refractivity contribution in [1.82, 2.24) is 19.8 Å². The molecule has 6 nitrogen and oxygen atoms in total. The Morgan fingerprint density at radius 2 is 1.87 bits per heavy atom. The topological polar surface area (TPSA) is 61.5 Å². The van der Waals surface area contributed by atoms with E-state index in [9.17, 15) is 8.78 Å². The fourth-order valence-electron chi connectivity index (χ4n) is 2.04. The van der Waals surface area contributed by atoms with Crippen LogP contribution in [0.4, 0.5) is 8.78 Å². The molecule has 0 fully saturated rings. The van der Waals surface area contributed by atoms with Crippen molar-refractivity contribution in [2.75, 3.05) is 13.7 Å². The molecule has 2 aromatic heterocycles. The highest BCUT2D eigenvalue weighted by Gasteiger charge is 2.17. The Hall–Kier alpha value is -2.61. The largest absolute Gasteiger partial charge is 0.438 e. The van der Waals surface area contributed by atoms with Crippen LogP contribution >= 0.6 is 0 Å². The van der Waals surface area contributed by atoms with Crippen LogP contribution in [0.5, 0.6) is 11.6 Å². The first kappa shape index (κ1) is 15.3. The van der Waals surface area contributed by atoms with E-state index in [1.165, 1.54) is 6.07 Å². The summed E-state index contributed by atoms with van der Waals surface area (Å²) in [6.07, 6.45) is -1.95. The molecule has 0 aliphatic rings. The van der Waals surface area contributed by atoms with Crippen LogP contribution in [-0.4, -0.2) is 33.5 Å². The second-order valence-corrected chi connectivity index (χ2v) is 4.79. The number of benzene rings is 1. The SMILES string of the molecule is COCCc1ccc(Oc2ccc3nnc(C(F)F)n3n2)cc1. The first-order valence-electron chi connectivity index (χ1n) is 6.93. The van der Waals surface area contributed by atoms with Crippen molar-refractivity contribution in [1.29, 1.82) is 0 Å². The van der Waals surface area contributed by atoms with Crippen LogP contribution in [0.3, 0.4) is 0 Å². The zero-order chi connectivity index (χ0) is 16.2. The van der Waals surface area contributed by atoms with Gasteiger partial charge < -0.3 is 9.47 Å². The monoisotopic (exact) mass is 320 g/mol. The quantitative estimate of drug-likeness (QED) is 0.698. The number of nitrogens with zero attached hydrogens (tertiary/aromatic N) is 4. The van der Waals surface area contributed by atoms with Crippen molar-refractivity contribution in [3.63, 3.8) is 0 Å². The van der Waals surface area contributed by atoms with Crippen molar-refractivity contribution in [3.05, 3.63) is 47.8 Å². The number of rotatable bonds is 6. The molecule has 3 rings (SSSR count). The number of halogens is 2. The lowest BCUT2D eigenvalue weighted by Gasteiger charge is -2.06. The Morgan fingerprint density at radius 1 is 1.09 bits per heavy atom. The van der Waals surface area contributed by atoms with Gasteiger partial charge in [0.25, 0.3) is 6.43 Å². The van der Waals surface area contributed by atoms with Gasteiger partial charge in [-0.05, 0) is 30.2 Å². The summed E-state index contributed by atoms with van der Waals surface area (Å²) >= 11 is 0. The molecule has 0 amide bonds. The van der Waals surface area contributed by atoms with Gasteiger partial charge in [-0.15, -0.1) is 15.3 Å². The van der Waals surface area contributed by atoms with Crippen molar-refractivity contribution in [2.45, 2.75) is 12.8 Å². The van der Waals surface area contributed by atoms with Gasteiger partial charge in [0.15, 0.2) is 5.65 Å². The third-order valence-corrected chi connectivity index (χ3v) is 3.20. The number of fused-ring (bicyclic) bond motifs is 1. The van der Waals surface area contributed by atoms with Gasteiger partial charge in [-0.3, -0.25) is 0 Å². The Balaban J connectivity index is 1.79. The molecule has 23 heavy (non-hydrogen) atoms. The molecule has 2 heterocycles. The Labute approximate surface area is 130 Å². The molecular formula is C15H14F2N4O2. The smallest absolute Gasteiger partial charge is 0.299 e. The molecule has 0 aliphatic heterocycles. The van der Waals surface area contributed by atoms with Crippen LogP contribution in [0.15, 0.2) is 36.4 Å². The number of hydrogen-bond acceptors (Lipinski definition) is 5. The zero-order valence-electron chi connectivity index (χ0n) is 12.3. The maximum Gasteiger partial charge on any atom is 0.299 e. The Kier molecular flexibility index (Phi) is 4.42.